The fourth-order valence-corrected chi connectivity index (χ4v) is 2.64. The van der Waals surface area contributed by atoms with Crippen LogP contribution in [0.15, 0.2) is 30.6 Å². The number of hydrogen-bond acceptors (Lipinski definition) is 3. The summed E-state index contributed by atoms with van der Waals surface area (Å²) < 4.78 is 14.4. The number of H-pyrrole nitrogens is 1. The van der Waals surface area contributed by atoms with Crippen LogP contribution in [0.4, 0.5) is 4.39 Å². The summed E-state index contributed by atoms with van der Waals surface area (Å²) in [6.07, 6.45) is 2.79. The summed E-state index contributed by atoms with van der Waals surface area (Å²) in [5.41, 5.74) is 4.81. The maximum Gasteiger partial charge on any atom is 0.251 e. The zero-order valence-corrected chi connectivity index (χ0v) is 12.9. The van der Waals surface area contributed by atoms with Crippen molar-refractivity contribution in [2.75, 3.05) is 0 Å². The van der Waals surface area contributed by atoms with Gasteiger partial charge in [0.15, 0.2) is 5.78 Å². The minimum Gasteiger partial charge on any atom is -0.366 e. The van der Waals surface area contributed by atoms with Crippen LogP contribution in [0.2, 0.25) is 10.0 Å². The molecule has 0 radical (unpaired) electrons. The van der Waals surface area contributed by atoms with Crippen LogP contribution in [0.1, 0.15) is 26.3 Å². The molecule has 0 spiro atoms. The molecule has 3 aromatic rings. The van der Waals surface area contributed by atoms with Crippen molar-refractivity contribution in [3.05, 3.63) is 63.1 Å². The molecule has 0 atom stereocenters. The van der Waals surface area contributed by atoms with E-state index in [0.29, 0.717) is 16.1 Å². The number of aromatic nitrogens is 2. The maximum atomic E-state index is 14.4. The summed E-state index contributed by atoms with van der Waals surface area (Å²) in [5.74, 6) is -2.75. The van der Waals surface area contributed by atoms with Crippen LogP contribution in [0.25, 0.3) is 11.0 Å². The number of pyridine rings is 1. The number of rotatable bonds is 3. The fourth-order valence-electron chi connectivity index (χ4n) is 2.25. The first-order valence-corrected chi connectivity index (χ1v) is 7.11. The molecule has 1 aromatic carbocycles. The van der Waals surface area contributed by atoms with E-state index in [0.717, 1.165) is 6.07 Å². The molecule has 2 heterocycles. The lowest BCUT2D eigenvalue weighted by Gasteiger charge is -2.07. The standard InChI is InChI=1S/C15H8Cl2FN3O2/c16-6-3-8-9(5-21-15(8)20-4-6)13(22)11-10(17)2-1-7(12(11)18)14(19)23/h1-5H,(H2,19,23)(H,20,21). The molecule has 0 saturated heterocycles. The Balaban J connectivity index is 2.22. The Morgan fingerprint density at radius 3 is 2.65 bits per heavy atom. The number of nitrogens with two attached hydrogens (primary N) is 1. The molecule has 0 aliphatic rings. The number of carbonyl (C=O) groups is 2. The summed E-state index contributed by atoms with van der Waals surface area (Å²) in [5, 5.41) is 0.618. The first kappa shape index (κ1) is 15.5. The van der Waals surface area contributed by atoms with E-state index in [1.165, 1.54) is 24.5 Å². The van der Waals surface area contributed by atoms with Crippen LogP contribution in [-0.2, 0) is 0 Å². The summed E-state index contributed by atoms with van der Waals surface area (Å²) >= 11 is 11.8. The summed E-state index contributed by atoms with van der Waals surface area (Å²) in [4.78, 5) is 30.7. The highest BCUT2D eigenvalue weighted by Gasteiger charge is 2.24. The number of primary amides is 1. The van der Waals surface area contributed by atoms with Crippen molar-refractivity contribution in [1.82, 2.24) is 9.97 Å². The van der Waals surface area contributed by atoms with E-state index in [9.17, 15) is 14.0 Å². The van der Waals surface area contributed by atoms with Gasteiger partial charge < -0.3 is 10.7 Å². The number of ketones is 1. The third kappa shape index (κ3) is 2.56. The molecular weight excluding hydrogens is 344 g/mol. The molecule has 8 heteroatoms. The Hall–Kier alpha value is -2.44. The van der Waals surface area contributed by atoms with Crippen LogP contribution >= 0.6 is 23.2 Å². The molecule has 0 fully saturated rings. The number of carbonyl (C=O) groups excluding carboxylic acids is 2. The normalized spacial score (nSPS) is 10.9. The minimum absolute atomic E-state index is 0.123. The van der Waals surface area contributed by atoms with Gasteiger partial charge in [-0.2, -0.15) is 0 Å². The minimum atomic E-state index is -1.06. The number of hydrogen-bond donors (Lipinski definition) is 2. The van der Waals surface area contributed by atoms with Gasteiger partial charge in [0.2, 0.25) is 0 Å². The van der Waals surface area contributed by atoms with Gasteiger partial charge in [-0.25, -0.2) is 9.37 Å². The van der Waals surface area contributed by atoms with E-state index in [1.807, 2.05) is 0 Å². The number of amides is 1. The Morgan fingerprint density at radius 2 is 1.96 bits per heavy atom. The van der Waals surface area contributed by atoms with E-state index in [2.05, 4.69) is 9.97 Å². The van der Waals surface area contributed by atoms with Gasteiger partial charge in [0, 0.05) is 23.3 Å². The van der Waals surface area contributed by atoms with Crippen LogP contribution in [0.3, 0.4) is 0 Å². The second-order valence-corrected chi connectivity index (χ2v) is 5.57. The highest BCUT2D eigenvalue weighted by molar-refractivity contribution is 6.36. The highest BCUT2D eigenvalue weighted by Crippen LogP contribution is 2.28. The maximum absolute atomic E-state index is 14.4. The Labute approximate surface area is 139 Å². The van der Waals surface area contributed by atoms with E-state index in [4.69, 9.17) is 28.9 Å². The topological polar surface area (TPSA) is 88.8 Å². The predicted octanol–water partition coefficient (Wildman–Crippen LogP) is 3.34. The van der Waals surface area contributed by atoms with Crippen LogP contribution in [-0.4, -0.2) is 21.7 Å². The molecule has 1 amide bonds. The molecule has 3 rings (SSSR count). The van der Waals surface area contributed by atoms with E-state index < -0.39 is 28.6 Å². The van der Waals surface area contributed by atoms with Gasteiger partial charge >= 0.3 is 0 Å². The average molecular weight is 352 g/mol. The van der Waals surface area contributed by atoms with Gasteiger partial charge in [-0.1, -0.05) is 23.2 Å². The number of fused-ring (bicyclic) bond motifs is 1. The molecule has 0 saturated carbocycles. The van der Waals surface area contributed by atoms with Crippen molar-refractivity contribution in [3.8, 4) is 0 Å². The SMILES string of the molecule is NC(=O)c1ccc(Cl)c(C(=O)c2c[nH]c3ncc(Cl)cc23)c1F. The average Bonchev–Trinajstić information content (AvgIpc) is 2.89. The zero-order chi connectivity index (χ0) is 16.7. The first-order valence-electron chi connectivity index (χ1n) is 6.35. The van der Waals surface area contributed by atoms with Gasteiger partial charge in [0.1, 0.15) is 11.5 Å². The van der Waals surface area contributed by atoms with E-state index >= 15 is 0 Å². The third-order valence-electron chi connectivity index (χ3n) is 3.33. The van der Waals surface area contributed by atoms with Gasteiger partial charge in [-0.15, -0.1) is 0 Å². The van der Waals surface area contributed by atoms with Gasteiger partial charge in [0.05, 0.1) is 21.2 Å². The predicted molar refractivity (Wildman–Crippen MR) is 84.5 cm³/mol. The summed E-state index contributed by atoms with van der Waals surface area (Å²) in [7, 11) is 0. The van der Waals surface area contributed by atoms with E-state index in [-0.39, 0.29) is 10.6 Å². The van der Waals surface area contributed by atoms with E-state index in [1.54, 1.807) is 0 Å². The van der Waals surface area contributed by atoms with Crippen LogP contribution in [0.5, 0.6) is 0 Å². The lowest BCUT2D eigenvalue weighted by molar-refractivity contribution is 0.0996. The molecular formula is C15H8Cl2FN3O2. The third-order valence-corrected chi connectivity index (χ3v) is 3.85. The molecule has 0 aliphatic carbocycles. The van der Waals surface area contributed by atoms with Crippen molar-refractivity contribution in [2.45, 2.75) is 0 Å². The smallest absolute Gasteiger partial charge is 0.251 e. The second kappa shape index (κ2) is 5.64. The van der Waals surface area contributed by atoms with Crippen molar-refractivity contribution in [1.29, 1.82) is 0 Å². The first-order chi connectivity index (χ1) is 10.9. The summed E-state index contributed by atoms with van der Waals surface area (Å²) in [6, 6.07) is 3.90. The number of nitrogens with one attached hydrogen (secondary N) is 1. The Kier molecular flexibility index (Phi) is 3.79. The lowest BCUT2D eigenvalue weighted by atomic mass is 10.00. The largest absolute Gasteiger partial charge is 0.366 e. The molecule has 3 N–H and O–H groups in total. The van der Waals surface area contributed by atoms with Crippen molar-refractivity contribution >= 4 is 45.9 Å². The van der Waals surface area contributed by atoms with Crippen molar-refractivity contribution in [2.24, 2.45) is 5.73 Å². The van der Waals surface area contributed by atoms with Crippen molar-refractivity contribution < 1.29 is 14.0 Å². The quantitative estimate of drug-likeness (QED) is 0.709. The molecule has 5 nitrogen and oxygen atoms in total. The highest BCUT2D eigenvalue weighted by atomic mass is 35.5. The Bertz CT molecular complexity index is 969. The summed E-state index contributed by atoms with van der Waals surface area (Å²) in [6.45, 7) is 0. The molecule has 0 bridgehead atoms. The Morgan fingerprint density at radius 1 is 1.22 bits per heavy atom. The monoisotopic (exact) mass is 351 g/mol. The molecule has 116 valence electrons. The van der Waals surface area contributed by atoms with Gasteiger partial charge in [-0.3, -0.25) is 9.59 Å². The molecule has 0 unspecified atom stereocenters. The molecule has 0 aliphatic heterocycles. The van der Waals surface area contributed by atoms with Gasteiger partial charge in [0.25, 0.3) is 5.91 Å². The molecule has 2 aromatic heterocycles. The zero-order valence-electron chi connectivity index (χ0n) is 11.4. The van der Waals surface area contributed by atoms with Crippen LogP contribution < -0.4 is 5.73 Å². The number of nitrogens with zero attached hydrogens (tertiary/aromatic N) is 1. The second-order valence-electron chi connectivity index (χ2n) is 4.73. The fraction of sp³-hybridized carbons (Fsp3) is 0. The number of aromatic amines is 1. The lowest BCUT2D eigenvalue weighted by Crippen LogP contribution is -2.16. The van der Waals surface area contributed by atoms with Gasteiger partial charge in [-0.05, 0) is 18.2 Å². The van der Waals surface area contributed by atoms with Crippen molar-refractivity contribution in [3.63, 3.8) is 0 Å². The number of benzene rings is 1. The van der Waals surface area contributed by atoms with Crippen LogP contribution in [0, 0.1) is 5.82 Å². The number of halogens is 3. The molecule has 23 heavy (non-hydrogen) atoms.